The smallest absolute Gasteiger partial charge is 0.128 e. The average Bonchev–Trinajstić information content (AvgIpc) is 2.38. The first-order chi connectivity index (χ1) is 8.29. The summed E-state index contributed by atoms with van der Waals surface area (Å²) < 4.78 is 19.2. The van der Waals surface area contributed by atoms with E-state index in [1.54, 1.807) is 12.1 Å². The van der Waals surface area contributed by atoms with E-state index in [9.17, 15) is 4.39 Å². The van der Waals surface area contributed by atoms with Gasteiger partial charge in [-0.05, 0) is 38.8 Å². The van der Waals surface area contributed by atoms with E-state index < -0.39 is 0 Å². The minimum absolute atomic E-state index is 0.173. The van der Waals surface area contributed by atoms with E-state index in [1.807, 2.05) is 13.1 Å². The fraction of sp³-hybridized carbons (Fsp3) is 0.571. The molecule has 0 heterocycles. The zero-order chi connectivity index (χ0) is 12.1. The first-order valence-corrected chi connectivity index (χ1v) is 6.32. The van der Waals surface area contributed by atoms with Crippen molar-refractivity contribution in [3.63, 3.8) is 0 Å². The summed E-state index contributed by atoms with van der Waals surface area (Å²) in [6.45, 7) is 0.383. The summed E-state index contributed by atoms with van der Waals surface area (Å²) in [4.78, 5) is 0. The minimum Gasteiger partial charge on any atom is -0.373 e. The highest BCUT2D eigenvalue weighted by molar-refractivity contribution is 5.16. The lowest BCUT2D eigenvalue weighted by molar-refractivity contribution is 0.00809. The molecular weight excluding hydrogens is 217 g/mol. The molecule has 0 aromatic heterocycles. The summed E-state index contributed by atoms with van der Waals surface area (Å²) >= 11 is 0. The van der Waals surface area contributed by atoms with Crippen LogP contribution in [0.3, 0.4) is 0 Å². The van der Waals surface area contributed by atoms with Crippen LogP contribution in [0, 0.1) is 5.82 Å². The van der Waals surface area contributed by atoms with Crippen LogP contribution in [0.2, 0.25) is 0 Å². The van der Waals surface area contributed by atoms with Gasteiger partial charge in [0.15, 0.2) is 0 Å². The summed E-state index contributed by atoms with van der Waals surface area (Å²) in [5, 5.41) is 3.29. The highest BCUT2D eigenvalue weighted by atomic mass is 19.1. The van der Waals surface area contributed by atoms with Crippen LogP contribution in [0.1, 0.15) is 31.2 Å². The molecule has 0 amide bonds. The highest BCUT2D eigenvalue weighted by Gasteiger charge is 2.21. The van der Waals surface area contributed by atoms with Crippen LogP contribution in [0.4, 0.5) is 4.39 Å². The number of nitrogens with one attached hydrogen (secondary N) is 1. The third-order valence-corrected chi connectivity index (χ3v) is 3.47. The molecule has 1 aromatic rings. The summed E-state index contributed by atoms with van der Waals surface area (Å²) in [7, 11) is 1.99. The number of ether oxygens (including phenoxy) is 1. The zero-order valence-electron chi connectivity index (χ0n) is 10.3. The Kier molecular flexibility index (Phi) is 4.51. The number of benzene rings is 1. The molecule has 1 N–H and O–H groups in total. The van der Waals surface area contributed by atoms with Crippen LogP contribution in [0.25, 0.3) is 0 Å². The Bertz CT molecular complexity index is 356. The minimum atomic E-state index is -0.173. The van der Waals surface area contributed by atoms with Gasteiger partial charge in [0.25, 0.3) is 0 Å². The third-order valence-electron chi connectivity index (χ3n) is 3.47. The van der Waals surface area contributed by atoms with Gasteiger partial charge in [0, 0.05) is 11.6 Å². The quantitative estimate of drug-likeness (QED) is 0.869. The SMILES string of the molecule is CNC1CCCC(OCc2ccccc2F)C1. The first-order valence-electron chi connectivity index (χ1n) is 6.32. The molecule has 17 heavy (non-hydrogen) atoms. The molecule has 3 heteroatoms. The molecular formula is C14H20FNO. The van der Waals surface area contributed by atoms with Gasteiger partial charge in [0.05, 0.1) is 12.7 Å². The molecule has 2 rings (SSSR count). The molecule has 1 aromatic carbocycles. The highest BCUT2D eigenvalue weighted by Crippen LogP contribution is 2.22. The van der Waals surface area contributed by atoms with Gasteiger partial charge in [0.1, 0.15) is 5.82 Å². The van der Waals surface area contributed by atoms with Gasteiger partial charge in [-0.2, -0.15) is 0 Å². The van der Waals surface area contributed by atoms with Crippen LogP contribution in [0.5, 0.6) is 0 Å². The fourth-order valence-electron chi connectivity index (χ4n) is 2.38. The van der Waals surface area contributed by atoms with Gasteiger partial charge in [-0.1, -0.05) is 18.2 Å². The molecule has 2 nitrogen and oxygen atoms in total. The van der Waals surface area contributed by atoms with Crippen molar-refractivity contribution in [2.75, 3.05) is 7.05 Å². The lowest BCUT2D eigenvalue weighted by Gasteiger charge is -2.28. The standard InChI is InChI=1S/C14H20FNO/c1-16-12-6-4-7-13(9-12)17-10-11-5-2-3-8-14(11)15/h2-3,5,8,12-13,16H,4,6-7,9-10H2,1H3. The second-order valence-electron chi connectivity index (χ2n) is 4.68. The Morgan fingerprint density at radius 1 is 1.35 bits per heavy atom. The van der Waals surface area contributed by atoms with Gasteiger partial charge in [0.2, 0.25) is 0 Å². The molecule has 1 aliphatic carbocycles. The Balaban J connectivity index is 1.84. The number of hydrogen-bond acceptors (Lipinski definition) is 2. The molecule has 0 aliphatic heterocycles. The molecule has 2 atom stereocenters. The van der Waals surface area contributed by atoms with Crippen molar-refractivity contribution >= 4 is 0 Å². The zero-order valence-corrected chi connectivity index (χ0v) is 10.3. The normalized spacial score (nSPS) is 24.8. The number of hydrogen-bond donors (Lipinski definition) is 1. The van der Waals surface area contributed by atoms with E-state index in [2.05, 4.69) is 5.32 Å². The molecule has 1 aliphatic rings. The molecule has 1 fully saturated rings. The van der Waals surface area contributed by atoms with Crippen LogP contribution in [0.15, 0.2) is 24.3 Å². The van der Waals surface area contributed by atoms with Gasteiger partial charge in [-0.25, -0.2) is 4.39 Å². The summed E-state index contributed by atoms with van der Waals surface area (Å²) in [5.41, 5.74) is 0.652. The van der Waals surface area contributed by atoms with Crippen molar-refractivity contribution in [1.29, 1.82) is 0 Å². The second kappa shape index (κ2) is 6.12. The van der Waals surface area contributed by atoms with Crippen molar-refractivity contribution in [3.8, 4) is 0 Å². The van der Waals surface area contributed by atoms with Crippen LogP contribution in [-0.4, -0.2) is 19.2 Å². The Morgan fingerprint density at radius 3 is 2.94 bits per heavy atom. The molecule has 0 radical (unpaired) electrons. The Morgan fingerprint density at radius 2 is 2.18 bits per heavy atom. The summed E-state index contributed by atoms with van der Waals surface area (Å²) in [5.74, 6) is -0.173. The van der Waals surface area contributed by atoms with Crippen molar-refractivity contribution in [2.45, 2.75) is 44.4 Å². The predicted octanol–water partition coefficient (Wildman–Crippen LogP) is 2.87. The van der Waals surface area contributed by atoms with Crippen LogP contribution >= 0.6 is 0 Å². The molecule has 0 saturated heterocycles. The Hall–Kier alpha value is -0.930. The average molecular weight is 237 g/mol. The lowest BCUT2D eigenvalue weighted by atomic mass is 9.93. The molecule has 1 saturated carbocycles. The van der Waals surface area contributed by atoms with E-state index in [-0.39, 0.29) is 11.9 Å². The van der Waals surface area contributed by atoms with Crippen molar-refractivity contribution in [1.82, 2.24) is 5.32 Å². The number of rotatable bonds is 4. The van der Waals surface area contributed by atoms with Crippen molar-refractivity contribution < 1.29 is 9.13 Å². The van der Waals surface area contributed by atoms with E-state index in [0.29, 0.717) is 18.2 Å². The maximum Gasteiger partial charge on any atom is 0.128 e. The molecule has 94 valence electrons. The predicted molar refractivity (Wildman–Crippen MR) is 66.3 cm³/mol. The Labute approximate surface area is 102 Å². The van der Waals surface area contributed by atoms with Gasteiger partial charge in [-0.3, -0.25) is 0 Å². The third kappa shape index (κ3) is 3.51. The summed E-state index contributed by atoms with van der Waals surface area (Å²) in [6.07, 6.45) is 4.79. The van der Waals surface area contributed by atoms with Gasteiger partial charge in [-0.15, -0.1) is 0 Å². The van der Waals surface area contributed by atoms with Crippen molar-refractivity contribution in [3.05, 3.63) is 35.6 Å². The maximum atomic E-state index is 13.4. The second-order valence-corrected chi connectivity index (χ2v) is 4.68. The molecule has 0 spiro atoms. The van der Waals surface area contributed by atoms with Crippen LogP contribution < -0.4 is 5.32 Å². The van der Waals surface area contributed by atoms with E-state index in [4.69, 9.17) is 4.74 Å². The number of halogens is 1. The summed E-state index contributed by atoms with van der Waals surface area (Å²) in [6, 6.07) is 7.37. The van der Waals surface area contributed by atoms with Crippen molar-refractivity contribution in [2.24, 2.45) is 0 Å². The fourth-order valence-corrected chi connectivity index (χ4v) is 2.38. The van der Waals surface area contributed by atoms with E-state index in [1.165, 1.54) is 18.9 Å². The largest absolute Gasteiger partial charge is 0.373 e. The van der Waals surface area contributed by atoms with E-state index >= 15 is 0 Å². The monoisotopic (exact) mass is 237 g/mol. The topological polar surface area (TPSA) is 21.3 Å². The maximum absolute atomic E-state index is 13.4. The van der Waals surface area contributed by atoms with Gasteiger partial charge < -0.3 is 10.1 Å². The van der Waals surface area contributed by atoms with Gasteiger partial charge >= 0.3 is 0 Å². The van der Waals surface area contributed by atoms with E-state index in [0.717, 1.165) is 12.8 Å². The molecule has 2 unspecified atom stereocenters. The van der Waals surface area contributed by atoms with Crippen LogP contribution in [-0.2, 0) is 11.3 Å². The first kappa shape index (κ1) is 12.5. The lowest BCUT2D eigenvalue weighted by Crippen LogP contribution is -2.34. The molecule has 0 bridgehead atoms.